The van der Waals surface area contributed by atoms with Gasteiger partial charge >= 0.3 is 0 Å². The third-order valence-electron chi connectivity index (χ3n) is 2.53. The second-order valence-electron chi connectivity index (χ2n) is 3.80. The fraction of sp³-hybridized carbons (Fsp3) is 0.154. The minimum atomic E-state index is 0.238. The predicted octanol–water partition coefficient (Wildman–Crippen LogP) is 3.38. The number of thiophene rings is 1. The van der Waals surface area contributed by atoms with Crippen LogP contribution in [0, 0.1) is 11.3 Å². The van der Waals surface area contributed by atoms with E-state index in [9.17, 15) is 0 Å². The van der Waals surface area contributed by atoms with Crippen LogP contribution >= 0.6 is 11.3 Å². The number of nitrogen functional groups attached to an aromatic ring is 1. The summed E-state index contributed by atoms with van der Waals surface area (Å²) in [5.41, 5.74) is 7.72. The normalized spacial score (nSPS) is 11.8. The van der Waals surface area contributed by atoms with Crippen molar-refractivity contribution in [3.05, 3.63) is 46.2 Å². The average Bonchev–Trinajstić information content (AvgIpc) is 2.82. The van der Waals surface area contributed by atoms with Gasteiger partial charge in [-0.1, -0.05) is 6.07 Å². The van der Waals surface area contributed by atoms with E-state index in [2.05, 4.69) is 29.8 Å². The minimum Gasteiger partial charge on any atom is -0.398 e. The van der Waals surface area contributed by atoms with E-state index >= 15 is 0 Å². The van der Waals surface area contributed by atoms with E-state index in [-0.39, 0.29) is 6.04 Å². The van der Waals surface area contributed by atoms with Gasteiger partial charge in [0.05, 0.1) is 17.3 Å². The van der Waals surface area contributed by atoms with E-state index in [1.165, 1.54) is 4.88 Å². The lowest BCUT2D eigenvalue weighted by Gasteiger charge is -2.14. The van der Waals surface area contributed by atoms with E-state index in [0.29, 0.717) is 11.3 Å². The highest BCUT2D eigenvalue weighted by Crippen LogP contribution is 2.25. The second-order valence-corrected chi connectivity index (χ2v) is 4.77. The Morgan fingerprint density at radius 2 is 2.24 bits per heavy atom. The molecule has 4 heteroatoms. The van der Waals surface area contributed by atoms with Crippen LogP contribution < -0.4 is 11.1 Å². The molecule has 1 heterocycles. The Hall–Kier alpha value is -1.99. The number of hydrogen-bond acceptors (Lipinski definition) is 4. The smallest absolute Gasteiger partial charge is 0.101 e. The third kappa shape index (κ3) is 2.58. The molecule has 0 bridgehead atoms. The van der Waals surface area contributed by atoms with E-state index in [4.69, 9.17) is 11.0 Å². The van der Waals surface area contributed by atoms with E-state index in [1.807, 2.05) is 12.1 Å². The number of nitriles is 1. The van der Waals surface area contributed by atoms with E-state index in [1.54, 1.807) is 23.5 Å². The Bertz CT molecular complexity index is 540. The van der Waals surface area contributed by atoms with Crippen molar-refractivity contribution < 1.29 is 0 Å². The van der Waals surface area contributed by atoms with Gasteiger partial charge < -0.3 is 11.1 Å². The van der Waals surface area contributed by atoms with Gasteiger partial charge in [-0.15, -0.1) is 11.3 Å². The first-order chi connectivity index (χ1) is 8.20. The highest BCUT2D eigenvalue weighted by molar-refractivity contribution is 7.10. The summed E-state index contributed by atoms with van der Waals surface area (Å²) in [6.45, 7) is 2.10. The molecule has 3 nitrogen and oxygen atoms in total. The standard InChI is InChI=1S/C13H13N3S/c1-9(13-3-2-6-17-13)16-11-5-4-10(8-14)12(15)7-11/h2-7,9,16H,15H2,1H3. The molecule has 1 atom stereocenters. The molecule has 0 spiro atoms. The van der Waals surface area contributed by atoms with Crippen LogP contribution in [0.5, 0.6) is 0 Å². The molecule has 86 valence electrons. The minimum absolute atomic E-state index is 0.238. The SMILES string of the molecule is CC(Nc1ccc(C#N)c(N)c1)c1cccs1. The Morgan fingerprint density at radius 1 is 1.41 bits per heavy atom. The first-order valence-corrected chi connectivity index (χ1v) is 6.18. The predicted molar refractivity (Wildman–Crippen MR) is 71.9 cm³/mol. The molecule has 0 aliphatic carbocycles. The first kappa shape index (κ1) is 11.5. The average molecular weight is 243 g/mol. The summed E-state index contributed by atoms with van der Waals surface area (Å²) in [6, 6.07) is 11.8. The molecule has 0 aliphatic rings. The third-order valence-corrected chi connectivity index (χ3v) is 3.58. The van der Waals surface area contributed by atoms with Crippen molar-refractivity contribution in [3.63, 3.8) is 0 Å². The van der Waals surface area contributed by atoms with Gasteiger partial charge in [-0.05, 0) is 36.6 Å². The Kier molecular flexibility index (Phi) is 3.31. The van der Waals surface area contributed by atoms with Gasteiger partial charge in [0.25, 0.3) is 0 Å². The molecular formula is C13H13N3S. The Balaban J connectivity index is 2.15. The Labute approximate surface area is 105 Å². The maximum Gasteiger partial charge on any atom is 0.101 e. The summed E-state index contributed by atoms with van der Waals surface area (Å²) >= 11 is 1.72. The molecule has 0 saturated carbocycles. The lowest BCUT2D eigenvalue weighted by molar-refractivity contribution is 0.908. The van der Waals surface area contributed by atoms with Crippen LogP contribution in [0.4, 0.5) is 11.4 Å². The first-order valence-electron chi connectivity index (χ1n) is 5.30. The monoisotopic (exact) mass is 243 g/mol. The largest absolute Gasteiger partial charge is 0.398 e. The van der Waals surface area contributed by atoms with Crippen molar-refractivity contribution in [1.29, 1.82) is 5.26 Å². The number of anilines is 2. The molecule has 0 amide bonds. The highest BCUT2D eigenvalue weighted by atomic mass is 32.1. The van der Waals surface area contributed by atoms with Crippen LogP contribution in [-0.2, 0) is 0 Å². The van der Waals surface area contributed by atoms with Gasteiger partial charge in [-0.2, -0.15) is 5.26 Å². The number of nitrogens with zero attached hydrogens (tertiary/aromatic N) is 1. The van der Waals surface area contributed by atoms with Crippen molar-refractivity contribution >= 4 is 22.7 Å². The molecule has 2 aromatic rings. The zero-order chi connectivity index (χ0) is 12.3. The molecule has 1 unspecified atom stereocenters. The molecule has 1 aromatic carbocycles. The topological polar surface area (TPSA) is 61.8 Å². The van der Waals surface area contributed by atoms with Crippen molar-refractivity contribution in [2.75, 3.05) is 11.1 Å². The van der Waals surface area contributed by atoms with Crippen molar-refractivity contribution in [1.82, 2.24) is 0 Å². The summed E-state index contributed by atoms with van der Waals surface area (Å²) in [6.07, 6.45) is 0. The number of benzene rings is 1. The lowest BCUT2D eigenvalue weighted by atomic mass is 10.1. The van der Waals surface area contributed by atoms with Crippen LogP contribution in [-0.4, -0.2) is 0 Å². The fourth-order valence-corrected chi connectivity index (χ4v) is 2.35. The van der Waals surface area contributed by atoms with Crippen LogP contribution in [0.25, 0.3) is 0 Å². The molecule has 1 aromatic heterocycles. The molecule has 3 N–H and O–H groups in total. The quantitative estimate of drug-likeness (QED) is 0.812. The molecular weight excluding hydrogens is 230 g/mol. The maximum absolute atomic E-state index is 8.79. The zero-order valence-corrected chi connectivity index (χ0v) is 10.3. The van der Waals surface area contributed by atoms with Gasteiger partial charge in [0, 0.05) is 10.6 Å². The van der Waals surface area contributed by atoms with Crippen LogP contribution in [0.3, 0.4) is 0 Å². The Morgan fingerprint density at radius 3 is 2.82 bits per heavy atom. The summed E-state index contributed by atoms with van der Waals surface area (Å²) in [5, 5.41) is 14.2. The molecule has 0 fully saturated rings. The van der Waals surface area contributed by atoms with Crippen LogP contribution in [0.15, 0.2) is 35.7 Å². The number of nitrogens with one attached hydrogen (secondary N) is 1. The van der Waals surface area contributed by atoms with Crippen molar-refractivity contribution in [2.45, 2.75) is 13.0 Å². The summed E-state index contributed by atoms with van der Waals surface area (Å²) in [4.78, 5) is 1.27. The summed E-state index contributed by atoms with van der Waals surface area (Å²) < 4.78 is 0. The van der Waals surface area contributed by atoms with Crippen molar-refractivity contribution in [3.8, 4) is 6.07 Å². The molecule has 0 radical (unpaired) electrons. The number of rotatable bonds is 3. The van der Waals surface area contributed by atoms with Gasteiger partial charge in [0.15, 0.2) is 0 Å². The van der Waals surface area contributed by atoms with Gasteiger partial charge in [0.2, 0.25) is 0 Å². The van der Waals surface area contributed by atoms with E-state index in [0.717, 1.165) is 5.69 Å². The van der Waals surface area contributed by atoms with E-state index < -0.39 is 0 Å². The second kappa shape index (κ2) is 4.89. The van der Waals surface area contributed by atoms with Crippen LogP contribution in [0.2, 0.25) is 0 Å². The number of hydrogen-bond donors (Lipinski definition) is 2. The maximum atomic E-state index is 8.79. The molecule has 0 saturated heterocycles. The summed E-state index contributed by atoms with van der Waals surface area (Å²) in [5.74, 6) is 0. The van der Waals surface area contributed by atoms with Crippen molar-refractivity contribution in [2.24, 2.45) is 0 Å². The van der Waals surface area contributed by atoms with Gasteiger partial charge in [-0.25, -0.2) is 0 Å². The summed E-state index contributed by atoms with van der Waals surface area (Å²) in [7, 11) is 0. The lowest BCUT2D eigenvalue weighted by Crippen LogP contribution is -2.05. The van der Waals surface area contributed by atoms with Gasteiger partial charge in [0.1, 0.15) is 6.07 Å². The fourth-order valence-electron chi connectivity index (χ4n) is 1.61. The number of nitrogens with two attached hydrogens (primary N) is 1. The molecule has 2 rings (SSSR count). The highest BCUT2D eigenvalue weighted by Gasteiger charge is 2.07. The van der Waals surface area contributed by atoms with Crippen LogP contribution in [0.1, 0.15) is 23.4 Å². The van der Waals surface area contributed by atoms with Gasteiger partial charge in [-0.3, -0.25) is 0 Å². The zero-order valence-electron chi connectivity index (χ0n) is 9.47. The molecule has 17 heavy (non-hydrogen) atoms. The molecule has 0 aliphatic heterocycles.